The van der Waals surface area contributed by atoms with Crippen molar-refractivity contribution in [2.75, 3.05) is 19.8 Å². The molecule has 2 N–H and O–H groups in total. The molecule has 18 heavy (non-hydrogen) atoms. The van der Waals surface area contributed by atoms with Gasteiger partial charge in [0, 0.05) is 13.2 Å². The molecule has 0 fully saturated rings. The zero-order valence-corrected chi connectivity index (χ0v) is 12.5. The normalized spacial score (nSPS) is 13.7. The molecule has 112 valence electrons. The van der Waals surface area contributed by atoms with Gasteiger partial charge in [0.25, 0.3) is 0 Å². The van der Waals surface area contributed by atoms with Gasteiger partial charge in [-0.1, -0.05) is 33.6 Å². The van der Waals surface area contributed by atoms with Crippen molar-refractivity contribution >= 4 is 0 Å². The van der Waals surface area contributed by atoms with Gasteiger partial charge in [-0.25, -0.2) is 0 Å². The van der Waals surface area contributed by atoms with Crippen molar-refractivity contribution in [3.05, 3.63) is 0 Å². The Labute approximate surface area is 112 Å². The molecule has 0 spiro atoms. The number of hydrogen-bond acceptors (Lipinski definition) is 4. The van der Waals surface area contributed by atoms with E-state index in [2.05, 4.69) is 13.8 Å². The second-order valence-corrected chi connectivity index (χ2v) is 4.36. The number of hydrogen-bond donors (Lipinski definition) is 2. The standard InChI is InChI=1S/2C7H16O2/c1-3-4-5-9-6-7(2)8;1-3-5-6-9-7(8)4-2/h2*7-8H,3-6H2,1-2H3. The fraction of sp³-hybridized carbons (Fsp3) is 1.00. The highest BCUT2D eigenvalue weighted by Gasteiger charge is 1.96. The van der Waals surface area contributed by atoms with Crippen LogP contribution in [0, 0.1) is 0 Å². The maximum absolute atomic E-state index is 8.86. The molecule has 0 aliphatic heterocycles. The van der Waals surface area contributed by atoms with Crippen LogP contribution in [-0.2, 0) is 9.47 Å². The van der Waals surface area contributed by atoms with E-state index in [1.165, 1.54) is 0 Å². The monoisotopic (exact) mass is 264 g/mol. The van der Waals surface area contributed by atoms with Gasteiger partial charge in [0.05, 0.1) is 12.7 Å². The summed E-state index contributed by atoms with van der Waals surface area (Å²) in [5, 5.41) is 17.6. The van der Waals surface area contributed by atoms with E-state index < -0.39 is 6.29 Å². The molecule has 0 saturated heterocycles. The molecule has 0 radical (unpaired) electrons. The average molecular weight is 264 g/mol. The lowest BCUT2D eigenvalue weighted by Gasteiger charge is -2.07. The highest BCUT2D eigenvalue weighted by atomic mass is 16.6. The average Bonchev–Trinajstić information content (AvgIpc) is 2.35. The van der Waals surface area contributed by atoms with Crippen molar-refractivity contribution in [3.63, 3.8) is 0 Å². The fourth-order valence-corrected chi connectivity index (χ4v) is 0.982. The highest BCUT2D eigenvalue weighted by molar-refractivity contribution is 4.41. The molecule has 0 amide bonds. The minimum atomic E-state index is -0.545. The van der Waals surface area contributed by atoms with Gasteiger partial charge >= 0.3 is 0 Å². The third-order valence-electron chi connectivity index (χ3n) is 2.16. The number of rotatable bonds is 10. The molecule has 4 nitrogen and oxygen atoms in total. The molecule has 0 aromatic heterocycles. The molecule has 2 unspecified atom stereocenters. The zero-order chi connectivity index (χ0) is 14.2. The Bertz CT molecular complexity index is 140. The first-order valence-electron chi connectivity index (χ1n) is 7.13. The second kappa shape index (κ2) is 16.8. The first-order chi connectivity index (χ1) is 8.58. The van der Waals surface area contributed by atoms with Crippen LogP contribution in [0.15, 0.2) is 0 Å². The number of aliphatic hydroxyl groups is 2. The molecule has 4 heteroatoms. The van der Waals surface area contributed by atoms with Gasteiger partial charge in [0.15, 0.2) is 6.29 Å². The van der Waals surface area contributed by atoms with Crippen LogP contribution in [0.4, 0.5) is 0 Å². The molecule has 0 saturated carbocycles. The third-order valence-corrected chi connectivity index (χ3v) is 2.16. The van der Waals surface area contributed by atoms with Crippen LogP contribution < -0.4 is 0 Å². The van der Waals surface area contributed by atoms with Gasteiger partial charge in [-0.15, -0.1) is 0 Å². The van der Waals surface area contributed by atoms with E-state index in [0.29, 0.717) is 19.6 Å². The van der Waals surface area contributed by atoms with Crippen LogP contribution in [0.5, 0.6) is 0 Å². The van der Waals surface area contributed by atoms with E-state index in [0.717, 1.165) is 32.3 Å². The van der Waals surface area contributed by atoms with E-state index in [1.807, 2.05) is 6.92 Å². The Hall–Kier alpha value is -0.160. The van der Waals surface area contributed by atoms with E-state index in [1.54, 1.807) is 6.92 Å². The summed E-state index contributed by atoms with van der Waals surface area (Å²) in [7, 11) is 0. The Kier molecular flexibility index (Phi) is 18.9. The molecule has 0 aliphatic rings. The van der Waals surface area contributed by atoms with Crippen molar-refractivity contribution in [1.82, 2.24) is 0 Å². The first-order valence-corrected chi connectivity index (χ1v) is 7.13. The van der Waals surface area contributed by atoms with Gasteiger partial charge in [0.2, 0.25) is 0 Å². The summed E-state index contributed by atoms with van der Waals surface area (Å²) in [5.41, 5.74) is 0. The largest absolute Gasteiger partial charge is 0.391 e. The highest BCUT2D eigenvalue weighted by Crippen LogP contribution is 1.95. The Balaban J connectivity index is 0. The molecule has 0 aromatic carbocycles. The SMILES string of the molecule is CCCCOC(O)CC.CCCCOCC(C)O. The quantitative estimate of drug-likeness (QED) is 0.470. The van der Waals surface area contributed by atoms with E-state index in [-0.39, 0.29) is 6.10 Å². The van der Waals surface area contributed by atoms with Crippen LogP contribution in [-0.4, -0.2) is 42.4 Å². The lowest BCUT2D eigenvalue weighted by molar-refractivity contribution is -0.101. The predicted octanol–water partition coefficient (Wildman–Crippen LogP) is 2.72. The summed E-state index contributed by atoms with van der Waals surface area (Å²) in [5.74, 6) is 0. The molecule has 0 aromatic rings. The maximum atomic E-state index is 8.86. The van der Waals surface area contributed by atoms with Gasteiger partial charge in [0.1, 0.15) is 0 Å². The summed E-state index contributed by atoms with van der Waals surface area (Å²) < 4.78 is 10.1. The Morgan fingerprint density at radius 1 is 0.944 bits per heavy atom. The fourth-order valence-electron chi connectivity index (χ4n) is 0.982. The lowest BCUT2D eigenvalue weighted by Crippen LogP contribution is -2.10. The van der Waals surface area contributed by atoms with Gasteiger partial charge < -0.3 is 19.7 Å². The van der Waals surface area contributed by atoms with Crippen LogP contribution in [0.1, 0.15) is 59.8 Å². The first kappa shape index (κ1) is 20.2. The predicted molar refractivity (Wildman–Crippen MR) is 74.6 cm³/mol. The number of unbranched alkanes of at least 4 members (excludes halogenated alkanes) is 2. The van der Waals surface area contributed by atoms with Crippen molar-refractivity contribution in [1.29, 1.82) is 0 Å². The van der Waals surface area contributed by atoms with Gasteiger partial charge in [-0.3, -0.25) is 0 Å². The minimum Gasteiger partial charge on any atom is -0.391 e. The minimum absolute atomic E-state index is 0.318. The Morgan fingerprint density at radius 2 is 1.50 bits per heavy atom. The summed E-state index contributed by atoms with van der Waals surface area (Å²) in [4.78, 5) is 0. The summed E-state index contributed by atoms with van der Waals surface area (Å²) >= 11 is 0. The molecule has 0 rings (SSSR count). The van der Waals surface area contributed by atoms with E-state index >= 15 is 0 Å². The van der Waals surface area contributed by atoms with E-state index in [4.69, 9.17) is 19.7 Å². The molecular weight excluding hydrogens is 232 g/mol. The third kappa shape index (κ3) is 21.2. The topological polar surface area (TPSA) is 58.9 Å². The van der Waals surface area contributed by atoms with Crippen LogP contribution in [0.25, 0.3) is 0 Å². The smallest absolute Gasteiger partial charge is 0.154 e. The summed E-state index contributed by atoms with van der Waals surface area (Å²) in [6, 6.07) is 0. The van der Waals surface area contributed by atoms with Gasteiger partial charge in [-0.05, 0) is 26.2 Å². The molecule has 2 atom stereocenters. The van der Waals surface area contributed by atoms with Crippen LogP contribution >= 0.6 is 0 Å². The van der Waals surface area contributed by atoms with Crippen LogP contribution in [0.2, 0.25) is 0 Å². The maximum Gasteiger partial charge on any atom is 0.154 e. The van der Waals surface area contributed by atoms with Crippen LogP contribution in [0.3, 0.4) is 0 Å². The second-order valence-electron chi connectivity index (χ2n) is 4.36. The number of ether oxygens (including phenoxy) is 2. The van der Waals surface area contributed by atoms with Crippen molar-refractivity contribution < 1.29 is 19.7 Å². The van der Waals surface area contributed by atoms with Crippen molar-refractivity contribution in [3.8, 4) is 0 Å². The lowest BCUT2D eigenvalue weighted by atomic mass is 10.4. The summed E-state index contributed by atoms with van der Waals surface area (Å²) in [6.45, 7) is 9.78. The van der Waals surface area contributed by atoms with Gasteiger partial charge in [-0.2, -0.15) is 0 Å². The molecular formula is C14H32O4. The zero-order valence-electron chi connectivity index (χ0n) is 12.5. The van der Waals surface area contributed by atoms with Crippen molar-refractivity contribution in [2.24, 2.45) is 0 Å². The summed E-state index contributed by atoms with van der Waals surface area (Å²) in [6.07, 6.45) is 4.22. The molecule has 0 bridgehead atoms. The van der Waals surface area contributed by atoms with E-state index in [9.17, 15) is 0 Å². The Morgan fingerprint density at radius 3 is 1.94 bits per heavy atom. The molecule has 0 aliphatic carbocycles. The molecule has 0 heterocycles. The number of aliphatic hydroxyl groups excluding tert-OH is 2. The van der Waals surface area contributed by atoms with Crippen molar-refractivity contribution in [2.45, 2.75) is 72.2 Å².